The molecule has 1 atom stereocenters. The number of carbonyl (C=O) groups excluding carboxylic acids is 1. The van der Waals surface area contributed by atoms with E-state index in [4.69, 9.17) is 22.1 Å². The maximum Gasteiger partial charge on any atom is 0.337 e. The molecule has 1 aromatic carbocycles. The first-order chi connectivity index (χ1) is 9.95. The van der Waals surface area contributed by atoms with Gasteiger partial charge in [-0.25, -0.2) is 4.79 Å². The number of hydrogen-bond donors (Lipinski definition) is 3. The van der Waals surface area contributed by atoms with Crippen molar-refractivity contribution in [2.45, 2.75) is 6.04 Å². The van der Waals surface area contributed by atoms with Gasteiger partial charge >= 0.3 is 5.97 Å². The van der Waals surface area contributed by atoms with Crippen LogP contribution in [0.2, 0.25) is 5.02 Å². The third-order valence-corrected chi connectivity index (χ3v) is 3.57. The Bertz CT molecular complexity index is 579. The summed E-state index contributed by atoms with van der Waals surface area (Å²) in [5.41, 5.74) is 6.16. The fourth-order valence-corrected chi connectivity index (χ4v) is 2.67. The van der Waals surface area contributed by atoms with Crippen LogP contribution in [0.4, 0.5) is 11.4 Å². The molecule has 2 rings (SSSR count). The summed E-state index contributed by atoms with van der Waals surface area (Å²) in [4.78, 5) is 25.1. The van der Waals surface area contributed by atoms with Crippen LogP contribution in [0.5, 0.6) is 0 Å². The zero-order valence-electron chi connectivity index (χ0n) is 11.4. The number of nitrogens with zero attached hydrogens (tertiary/aromatic N) is 1. The second-order valence-corrected chi connectivity index (χ2v) is 5.01. The summed E-state index contributed by atoms with van der Waals surface area (Å²) in [6.07, 6.45) is 0. The van der Waals surface area contributed by atoms with Gasteiger partial charge in [0.2, 0.25) is 5.91 Å². The molecule has 8 heteroatoms. The van der Waals surface area contributed by atoms with E-state index in [1.165, 1.54) is 19.2 Å². The Morgan fingerprint density at radius 2 is 2.24 bits per heavy atom. The molecule has 0 aliphatic carbocycles. The number of hydrogen-bond acceptors (Lipinski definition) is 5. The average molecular weight is 314 g/mol. The second kappa shape index (κ2) is 6.19. The predicted molar refractivity (Wildman–Crippen MR) is 78.8 cm³/mol. The number of morpholine rings is 1. The van der Waals surface area contributed by atoms with Crippen molar-refractivity contribution in [2.75, 3.05) is 37.4 Å². The molecule has 1 saturated heterocycles. The van der Waals surface area contributed by atoms with E-state index in [1.807, 2.05) is 0 Å². The largest absolute Gasteiger partial charge is 0.478 e. The van der Waals surface area contributed by atoms with Gasteiger partial charge in [-0.15, -0.1) is 0 Å². The number of ether oxygens (including phenoxy) is 1. The van der Waals surface area contributed by atoms with Crippen molar-refractivity contribution < 1.29 is 19.4 Å². The minimum atomic E-state index is -1.15. The Morgan fingerprint density at radius 1 is 1.52 bits per heavy atom. The summed E-state index contributed by atoms with van der Waals surface area (Å²) in [5, 5.41) is 12.1. The number of carboxylic acid groups (broad SMARTS) is 1. The maximum atomic E-state index is 12.0. The van der Waals surface area contributed by atoms with Crippen LogP contribution in [-0.2, 0) is 9.53 Å². The Morgan fingerprint density at radius 3 is 2.86 bits per heavy atom. The summed E-state index contributed by atoms with van der Waals surface area (Å²) >= 11 is 6.17. The van der Waals surface area contributed by atoms with Crippen LogP contribution in [0, 0.1) is 0 Å². The van der Waals surface area contributed by atoms with Gasteiger partial charge < -0.3 is 25.8 Å². The molecule has 0 aromatic heterocycles. The topological polar surface area (TPSA) is 105 Å². The number of nitrogens with two attached hydrogens (primary N) is 1. The van der Waals surface area contributed by atoms with Gasteiger partial charge in [0.15, 0.2) is 0 Å². The van der Waals surface area contributed by atoms with E-state index in [0.29, 0.717) is 13.2 Å². The molecular formula is C13H16ClN3O4. The summed E-state index contributed by atoms with van der Waals surface area (Å²) in [5.74, 6) is -1.42. The number of nitrogen functional groups attached to an aromatic ring is 1. The van der Waals surface area contributed by atoms with Gasteiger partial charge in [0, 0.05) is 19.3 Å². The Balaban J connectivity index is 2.52. The molecule has 1 heterocycles. The molecule has 21 heavy (non-hydrogen) atoms. The minimum Gasteiger partial charge on any atom is -0.478 e. The quantitative estimate of drug-likeness (QED) is 0.705. The van der Waals surface area contributed by atoms with Crippen molar-refractivity contribution in [1.82, 2.24) is 5.32 Å². The summed E-state index contributed by atoms with van der Waals surface area (Å²) in [7, 11) is 1.51. The van der Waals surface area contributed by atoms with E-state index >= 15 is 0 Å². The van der Waals surface area contributed by atoms with Gasteiger partial charge in [0.1, 0.15) is 6.04 Å². The third kappa shape index (κ3) is 3.03. The molecule has 4 N–H and O–H groups in total. The average Bonchev–Trinajstić information content (AvgIpc) is 2.45. The van der Waals surface area contributed by atoms with Crippen molar-refractivity contribution in [2.24, 2.45) is 0 Å². The van der Waals surface area contributed by atoms with E-state index < -0.39 is 12.0 Å². The van der Waals surface area contributed by atoms with Crippen molar-refractivity contribution in [3.8, 4) is 0 Å². The monoisotopic (exact) mass is 313 g/mol. The molecule has 7 nitrogen and oxygen atoms in total. The standard InChI is InChI=1S/C13H16ClN3O4/c1-16-12(18)10-6-21-3-2-17(10)11-8(13(19)20)4-7(15)5-9(11)14/h4-5,10H,2-3,6,15H2,1H3,(H,16,18)(H,19,20). The van der Waals surface area contributed by atoms with E-state index in [2.05, 4.69) is 5.32 Å². The second-order valence-electron chi connectivity index (χ2n) is 4.60. The van der Waals surface area contributed by atoms with Crippen molar-refractivity contribution in [3.05, 3.63) is 22.7 Å². The highest BCUT2D eigenvalue weighted by Gasteiger charge is 2.33. The lowest BCUT2D eigenvalue weighted by Crippen LogP contribution is -2.53. The molecule has 1 aliphatic rings. The number of halogens is 1. The normalized spacial score (nSPS) is 18.4. The van der Waals surface area contributed by atoms with Crippen molar-refractivity contribution >= 4 is 34.9 Å². The van der Waals surface area contributed by atoms with E-state index in [-0.39, 0.29) is 34.5 Å². The summed E-state index contributed by atoms with van der Waals surface area (Å²) in [6, 6.07) is 2.17. The van der Waals surface area contributed by atoms with Crippen molar-refractivity contribution in [1.29, 1.82) is 0 Å². The molecule has 114 valence electrons. The number of aromatic carboxylic acids is 1. The molecule has 0 spiro atoms. The number of benzene rings is 1. The molecule has 0 radical (unpaired) electrons. The number of likely N-dealkylation sites (N-methyl/N-ethyl adjacent to an activating group) is 1. The van der Waals surface area contributed by atoms with Crippen LogP contribution < -0.4 is 16.0 Å². The summed E-state index contributed by atoms with van der Waals surface area (Å²) < 4.78 is 5.30. The number of rotatable bonds is 3. The lowest BCUT2D eigenvalue weighted by Gasteiger charge is -2.37. The number of carboxylic acids is 1. The van der Waals surface area contributed by atoms with Gasteiger partial charge in [0.05, 0.1) is 29.5 Å². The van der Waals surface area contributed by atoms with Crippen LogP contribution in [0.3, 0.4) is 0 Å². The zero-order chi connectivity index (χ0) is 15.6. The van der Waals surface area contributed by atoms with Gasteiger partial charge in [-0.2, -0.15) is 0 Å². The fourth-order valence-electron chi connectivity index (χ4n) is 2.33. The van der Waals surface area contributed by atoms with Crippen LogP contribution >= 0.6 is 11.6 Å². The van der Waals surface area contributed by atoms with E-state index in [9.17, 15) is 14.7 Å². The SMILES string of the molecule is CNC(=O)C1COCCN1c1c(Cl)cc(N)cc1C(=O)O. The first kappa shape index (κ1) is 15.4. The fraction of sp³-hybridized carbons (Fsp3) is 0.385. The molecular weight excluding hydrogens is 298 g/mol. The summed E-state index contributed by atoms with van der Waals surface area (Å²) in [6.45, 7) is 0.911. The molecule has 1 fully saturated rings. The van der Waals surface area contributed by atoms with Gasteiger partial charge in [0.25, 0.3) is 0 Å². The van der Waals surface area contributed by atoms with Crippen LogP contribution in [-0.4, -0.2) is 49.8 Å². The lowest BCUT2D eigenvalue weighted by atomic mass is 10.1. The van der Waals surface area contributed by atoms with Gasteiger partial charge in [-0.05, 0) is 12.1 Å². The highest BCUT2D eigenvalue weighted by Crippen LogP contribution is 2.34. The predicted octanol–water partition coefficient (Wildman–Crippen LogP) is 0.572. The molecule has 0 bridgehead atoms. The Hall–Kier alpha value is -1.99. The Labute approximate surface area is 126 Å². The van der Waals surface area contributed by atoms with Crippen LogP contribution in [0.25, 0.3) is 0 Å². The lowest BCUT2D eigenvalue weighted by molar-refractivity contribution is -0.124. The number of carbonyl (C=O) groups is 2. The highest BCUT2D eigenvalue weighted by atomic mass is 35.5. The molecule has 1 aromatic rings. The minimum absolute atomic E-state index is 0.0317. The third-order valence-electron chi connectivity index (χ3n) is 3.28. The number of amides is 1. The Kier molecular flexibility index (Phi) is 4.54. The first-order valence-electron chi connectivity index (χ1n) is 6.34. The molecule has 1 unspecified atom stereocenters. The zero-order valence-corrected chi connectivity index (χ0v) is 12.2. The van der Waals surface area contributed by atoms with Crippen LogP contribution in [0.15, 0.2) is 12.1 Å². The smallest absolute Gasteiger partial charge is 0.337 e. The van der Waals surface area contributed by atoms with Gasteiger partial charge in [-0.3, -0.25) is 4.79 Å². The molecule has 1 amide bonds. The van der Waals surface area contributed by atoms with Gasteiger partial charge in [-0.1, -0.05) is 11.6 Å². The maximum absolute atomic E-state index is 12.0. The number of anilines is 2. The van der Waals surface area contributed by atoms with E-state index in [0.717, 1.165) is 0 Å². The molecule has 1 aliphatic heterocycles. The van der Waals surface area contributed by atoms with Crippen LogP contribution in [0.1, 0.15) is 10.4 Å². The van der Waals surface area contributed by atoms with E-state index in [1.54, 1.807) is 4.90 Å². The number of nitrogens with one attached hydrogen (secondary N) is 1. The first-order valence-corrected chi connectivity index (χ1v) is 6.71. The molecule has 0 saturated carbocycles. The van der Waals surface area contributed by atoms with Crippen molar-refractivity contribution in [3.63, 3.8) is 0 Å². The highest BCUT2D eigenvalue weighted by molar-refractivity contribution is 6.34.